The van der Waals surface area contributed by atoms with Gasteiger partial charge in [-0.05, 0) is 76.6 Å². The highest BCUT2D eigenvalue weighted by Gasteiger charge is 2.42. The number of benzene rings is 7. The first kappa shape index (κ1) is 24.7. The average molecular weight is 601 g/mol. The fourth-order valence-electron chi connectivity index (χ4n) is 8.27. The number of hydrogen-bond donors (Lipinski definition) is 0. The van der Waals surface area contributed by atoms with Gasteiger partial charge in [0.15, 0.2) is 0 Å². The topological polar surface area (TPSA) is 8.17 Å². The molecule has 0 saturated carbocycles. The smallest absolute Gasteiger partial charge is 0.329 e. The van der Waals surface area contributed by atoms with Crippen molar-refractivity contribution >= 4 is 82.5 Å². The third kappa shape index (κ3) is 3.16. The van der Waals surface area contributed by atoms with Crippen molar-refractivity contribution < 1.29 is 0 Å². The predicted molar refractivity (Wildman–Crippen MR) is 198 cm³/mol. The van der Waals surface area contributed by atoms with Crippen LogP contribution >= 0.6 is 11.3 Å². The Morgan fingerprint density at radius 3 is 1.87 bits per heavy atom. The molecule has 0 unspecified atom stereocenters. The molecule has 0 bridgehead atoms. The van der Waals surface area contributed by atoms with Crippen LogP contribution in [0.25, 0.3) is 69.9 Å². The van der Waals surface area contributed by atoms with Crippen molar-refractivity contribution in [3.05, 3.63) is 152 Å². The Hall–Kier alpha value is -5.58. The number of fused-ring (bicyclic) bond motifs is 17. The van der Waals surface area contributed by atoms with E-state index < -0.39 is 0 Å². The lowest BCUT2D eigenvalue weighted by molar-refractivity contribution is 1.18. The largest absolute Gasteiger partial charge is 0.376 e. The molecule has 2 aliphatic rings. The Bertz CT molecular complexity index is 2720. The number of thiophene rings is 1. The second-order valence-corrected chi connectivity index (χ2v) is 13.6. The average Bonchev–Trinajstić information content (AvgIpc) is 3.64. The molecule has 0 radical (unpaired) electrons. The first-order valence-corrected chi connectivity index (χ1v) is 16.7. The van der Waals surface area contributed by atoms with Crippen LogP contribution in [0.2, 0.25) is 0 Å². The van der Waals surface area contributed by atoms with Crippen molar-refractivity contribution in [3.8, 4) is 27.9 Å². The van der Waals surface area contributed by atoms with E-state index in [1.807, 2.05) is 11.3 Å². The van der Waals surface area contributed by atoms with Gasteiger partial charge in [-0.15, -0.1) is 11.3 Å². The molecule has 0 saturated heterocycles. The summed E-state index contributed by atoms with van der Waals surface area (Å²) < 4.78 is 5.16. The van der Waals surface area contributed by atoms with Crippen LogP contribution in [0.1, 0.15) is 0 Å². The van der Waals surface area contributed by atoms with Gasteiger partial charge >= 0.3 is 6.85 Å². The number of hydrogen-bond acceptors (Lipinski definition) is 2. The molecule has 0 fully saturated rings. The number of rotatable bonds is 1. The first-order chi connectivity index (χ1) is 22.8. The molecule has 2 nitrogen and oxygen atoms in total. The van der Waals surface area contributed by atoms with Crippen LogP contribution in [0.4, 0.5) is 11.4 Å². The normalized spacial score (nSPS) is 13.1. The summed E-state index contributed by atoms with van der Waals surface area (Å²) in [5, 5.41) is 5.25. The van der Waals surface area contributed by atoms with Crippen LogP contribution < -0.4 is 15.7 Å². The summed E-state index contributed by atoms with van der Waals surface area (Å²) in [6.45, 7) is 0.0649. The molecule has 7 aromatic carbocycles. The van der Waals surface area contributed by atoms with Gasteiger partial charge < -0.3 is 9.38 Å². The molecule has 4 heterocycles. The van der Waals surface area contributed by atoms with Gasteiger partial charge in [0.2, 0.25) is 0 Å². The van der Waals surface area contributed by atoms with Gasteiger partial charge in [0.25, 0.3) is 0 Å². The molecule has 2 aromatic heterocycles. The standard InChI is InChI=1S/C42H25BN2S/c1-2-12-26(13-3-1)44-39-23-34-30-17-7-11-21-41(30)46-42(34)24-33(39)32-22-31-29-16-6-10-20-38(29)45-37-19-9-5-15-28(37)27-14-4-8-18-35(27)43(45)36(31)25-40(32)44/h1-25H. The van der Waals surface area contributed by atoms with Crippen LogP contribution in [0.5, 0.6) is 0 Å². The molecular formula is C42H25BN2S. The minimum absolute atomic E-state index is 0.0649. The molecule has 4 heteroatoms. The van der Waals surface area contributed by atoms with Gasteiger partial charge in [0.05, 0.1) is 11.0 Å². The van der Waals surface area contributed by atoms with Crippen LogP contribution in [0.15, 0.2) is 152 Å². The maximum Gasteiger partial charge on any atom is 0.329 e. The monoisotopic (exact) mass is 600 g/mol. The van der Waals surface area contributed by atoms with E-state index in [2.05, 4.69) is 161 Å². The lowest BCUT2D eigenvalue weighted by Gasteiger charge is -2.43. The number of nitrogens with zero attached hydrogens (tertiary/aromatic N) is 2. The third-order valence-electron chi connectivity index (χ3n) is 10.2. The van der Waals surface area contributed by atoms with Gasteiger partial charge in [0, 0.05) is 59.1 Å². The van der Waals surface area contributed by atoms with E-state index >= 15 is 0 Å². The van der Waals surface area contributed by atoms with E-state index in [0.717, 1.165) is 0 Å². The predicted octanol–water partition coefficient (Wildman–Crippen LogP) is 10.1. The fourth-order valence-corrected chi connectivity index (χ4v) is 9.39. The van der Waals surface area contributed by atoms with Crippen molar-refractivity contribution in [1.82, 2.24) is 4.57 Å². The van der Waals surface area contributed by atoms with Crippen LogP contribution in [0.3, 0.4) is 0 Å². The van der Waals surface area contributed by atoms with E-state index in [0.29, 0.717) is 0 Å². The molecule has 9 aromatic rings. The zero-order valence-corrected chi connectivity index (χ0v) is 25.6. The third-order valence-corrected chi connectivity index (χ3v) is 11.3. The molecule has 0 spiro atoms. The number of aromatic nitrogens is 1. The van der Waals surface area contributed by atoms with E-state index in [4.69, 9.17) is 0 Å². The summed E-state index contributed by atoms with van der Waals surface area (Å²) in [5.74, 6) is 0. The minimum atomic E-state index is 0.0649. The molecule has 0 atom stereocenters. The highest BCUT2D eigenvalue weighted by atomic mass is 32.1. The van der Waals surface area contributed by atoms with Crippen LogP contribution in [-0.2, 0) is 0 Å². The lowest BCUT2D eigenvalue weighted by atomic mass is 9.43. The second-order valence-electron chi connectivity index (χ2n) is 12.5. The van der Waals surface area contributed by atoms with E-state index in [1.54, 1.807) is 0 Å². The Kier molecular flexibility index (Phi) is 4.83. The molecular weight excluding hydrogens is 575 g/mol. The molecule has 0 N–H and O–H groups in total. The van der Waals surface area contributed by atoms with Crippen LogP contribution in [-0.4, -0.2) is 11.4 Å². The van der Waals surface area contributed by atoms with Crippen molar-refractivity contribution in [1.29, 1.82) is 0 Å². The molecule has 2 aliphatic heterocycles. The highest BCUT2D eigenvalue weighted by Crippen LogP contribution is 2.47. The molecule has 11 rings (SSSR count). The summed E-state index contributed by atoms with van der Waals surface area (Å²) >= 11 is 1.89. The zero-order chi connectivity index (χ0) is 29.9. The Labute approximate surface area is 270 Å². The van der Waals surface area contributed by atoms with Gasteiger partial charge in [-0.25, -0.2) is 0 Å². The fraction of sp³-hybridized carbons (Fsp3) is 0. The Morgan fingerprint density at radius 2 is 1.04 bits per heavy atom. The summed E-state index contributed by atoms with van der Waals surface area (Å²) in [4.78, 5) is 2.58. The highest BCUT2D eigenvalue weighted by molar-refractivity contribution is 7.25. The second kappa shape index (κ2) is 9.00. The summed E-state index contributed by atoms with van der Waals surface area (Å²) in [7, 11) is 0. The Morgan fingerprint density at radius 1 is 0.413 bits per heavy atom. The van der Waals surface area contributed by atoms with Gasteiger partial charge in [-0.2, -0.15) is 0 Å². The van der Waals surface area contributed by atoms with E-state index in [9.17, 15) is 0 Å². The molecule has 212 valence electrons. The molecule has 0 aliphatic carbocycles. The summed E-state index contributed by atoms with van der Waals surface area (Å²) in [5.41, 5.74) is 14.1. The quantitative estimate of drug-likeness (QED) is 0.170. The van der Waals surface area contributed by atoms with Crippen molar-refractivity contribution in [2.45, 2.75) is 0 Å². The van der Waals surface area contributed by atoms with Crippen molar-refractivity contribution in [3.63, 3.8) is 0 Å². The number of anilines is 2. The molecule has 0 amide bonds. The van der Waals surface area contributed by atoms with Crippen molar-refractivity contribution in [2.75, 3.05) is 4.81 Å². The lowest BCUT2D eigenvalue weighted by Crippen LogP contribution is -2.59. The van der Waals surface area contributed by atoms with Gasteiger partial charge in [0.1, 0.15) is 0 Å². The summed E-state index contributed by atoms with van der Waals surface area (Å²) in [6, 6.07) is 56.4. The maximum absolute atomic E-state index is 2.58. The van der Waals surface area contributed by atoms with Gasteiger partial charge in [-0.3, -0.25) is 0 Å². The van der Waals surface area contributed by atoms with E-state index in [1.165, 1.54) is 92.2 Å². The first-order valence-electron chi connectivity index (χ1n) is 15.9. The zero-order valence-electron chi connectivity index (χ0n) is 24.8. The maximum atomic E-state index is 2.58. The number of para-hydroxylation sites is 3. The van der Waals surface area contributed by atoms with E-state index in [-0.39, 0.29) is 6.85 Å². The SMILES string of the molecule is c1ccc(-n2c3cc4c(cc3c3cc5sc6ccccc6c5cc32)-c2ccccc2N2B4c3ccccc3-c3ccccc32)cc1. The molecule has 46 heavy (non-hydrogen) atoms. The van der Waals surface area contributed by atoms with Gasteiger partial charge in [-0.1, -0.05) is 97.1 Å². The summed E-state index contributed by atoms with van der Waals surface area (Å²) in [6.07, 6.45) is 0. The Balaban J connectivity index is 1.30. The van der Waals surface area contributed by atoms with Crippen molar-refractivity contribution in [2.24, 2.45) is 0 Å². The minimum Gasteiger partial charge on any atom is -0.376 e. The van der Waals surface area contributed by atoms with Crippen LogP contribution in [0, 0.1) is 0 Å².